The number of hydrogen-bond donors (Lipinski definition) is 0. The molecular weight excluding hydrogens is 266 g/mol. The zero-order valence-corrected chi connectivity index (χ0v) is 12.9. The predicted octanol–water partition coefficient (Wildman–Crippen LogP) is 4.52. The maximum Gasteiger partial charge on any atom is 0.0712 e. The Morgan fingerprint density at radius 3 is 2.40 bits per heavy atom. The maximum atomic E-state index is 6.60. The van der Waals surface area contributed by atoms with Gasteiger partial charge in [0.05, 0.1) is 5.38 Å². The molecule has 0 radical (unpaired) electrons. The minimum atomic E-state index is 0.0297. The first-order valence-electron chi connectivity index (χ1n) is 7.44. The van der Waals surface area contributed by atoms with Gasteiger partial charge in [0.1, 0.15) is 0 Å². The van der Waals surface area contributed by atoms with Gasteiger partial charge in [-0.15, -0.1) is 24.8 Å². The Kier molecular flexibility index (Phi) is 5.87. The van der Waals surface area contributed by atoms with Gasteiger partial charge < -0.3 is 0 Å². The van der Waals surface area contributed by atoms with Crippen LogP contribution in [0.5, 0.6) is 0 Å². The second kappa shape index (κ2) is 7.66. The molecule has 0 bridgehead atoms. The fourth-order valence-corrected chi connectivity index (χ4v) is 3.20. The van der Waals surface area contributed by atoms with E-state index in [0.717, 1.165) is 19.6 Å². The van der Waals surface area contributed by atoms with E-state index in [1.807, 2.05) is 12.2 Å². The van der Waals surface area contributed by atoms with Crippen LogP contribution in [0.2, 0.25) is 0 Å². The van der Waals surface area contributed by atoms with Crippen molar-refractivity contribution in [2.75, 3.05) is 19.6 Å². The highest BCUT2D eigenvalue weighted by Gasteiger charge is 2.15. The molecule has 1 aromatic carbocycles. The van der Waals surface area contributed by atoms with Crippen LogP contribution in [0.15, 0.2) is 43.5 Å². The summed E-state index contributed by atoms with van der Waals surface area (Å²) in [5, 5.41) is 0.0297. The van der Waals surface area contributed by atoms with Gasteiger partial charge in [-0.05, 0) is 42.4 Å². The number of fused-ring (bicyclic) bond motifs is 1. The Morgan fingerprint density at radius 2 is 1.75 bits per heavy atom. The van der Waals surface area contributed by atoms with Crippen LogP contribution >= 0.6 is 11.6 Å². The first kappa shape index (κ1) is 15.3. The first-order chi connectivity index (χ1) is 9.74. The molecular formula is C18H24ClN. The van der Waals surface area contributed by atoms with Gasteiger partial charge in [0.25, 0.3) is 0 Å². The zero-order chi connectivity index (χ0) is 14.4. The van der Waals surface area contributed by atoms with Gasteiger partial charge in [-0.2, -0.15) is 0 Å². The monoisotopic (exact) mass is 289 g/mol. The molecule has 0 aliphatic heterocycles. The molecule has 2 rings (SSSR count). The third-order valence-corrected chi connectivity index (χ3v) is 4.32. The molecule has 0 fully saturated rings. The summed E-state index contributed by atoms with van der Waals surface area (Å²) in [6.45, 7) is 10.1. The topological polar surface area (TPSA) is 3.24 Å². The Morgan fingerprint density at radius 1 is 1.10 bits per heavy atom. The Balaban J connectivity index is 2.05. The standard InChI is InChI=1S/C18H24ClN/c1-3-11-20(12-4-2)14-18(19)17-10-9-15-7-5-6-8-16(15)13-17/h3-4,9-10,13,18H,1-2,5-8,11-12,14H2. The van der Waals surface area contributed by atoms with Crippen LogP contribution in [0.4, 0.5) is 0 Å². The molecule has 1 aromatic rings. The van der Waals surface area contributed by atoms with Gasteiger partial charge in [0.15, 0.2) is 0 Å². The van der Waals surface area contributed by atoms with Gasteiger partial charge in [-0.25, -0.2) is 0 Å². The van der Waals surface area contributed by atoms with Crippen LogP contribution in [0.25, 0.3) is 0 Å². The number of alkyl halides is 1. The summed E-state index contributed by atoms with van der Waals surface area (Å²) >= 11 is 6.60. The average Bonchev–Trinajstić information content (AvgIpc) is 2.47. The van der Waals surface area contributed by atoms with E-state index < -0.39 is 0 Å². The van der Waals surface area contributed by atoms with Gasteiger partial charge >= 0.3 is 0 Å². The summed E-state index contributed by atoms with van der Waals surface area (Å²) in [6, 6.07) is 6.78. The van der Waals surface area contributed by atoms with Crippen molar-refractivity contribution in [2.45, 2.75) is 31.1 Å². The van der Waals surface area contributed by atoms with Crippen molar-refractivity contribution in [1.29, 1.82) is 0 Å². The molecule has 1 atom stereocenters. The van der Waals surface area contributed by atoms with Crippen molar-refractivity contribution >= 4 is 11.6 Å². The lowest BCUT2D eigenvalue weighted by Crippen LogP contribution is -2.27. The van der Waals surface area contributed by atoms with Crippen LogP contribution in [-0.4, -0.2) is 24.5 Å². The van der Waals surface area contributed by atoms with E-state index in [1.54, 1.807) is 0 Å². The SMILES string of the molecule is C=CCN(CC=C)CC(Cl)c1ccc2c(c1)CCCC2. The van der Waals surface area contributed by atoms with E-state index >= 15 is 0 Å². The van der Waals surface area contributed by atoms with Crippen molar-refractivity contribution in [3.63, 3.8) is 0 Å². The molecule has 1 nitrogen and oxygen atoms in total. The predicted molar refractivity (Wildman–Crippen MR) is 88.5 cm³/mol. The number of nitrogens with zero attached hydrogens (tertiary/aromatic N) is 1. The minimum absolute atomic E-state index is 0.0297. The van der Waals surface area contributed by atoms with E-state index in [0.29, 0.717) is 0 Å². The number of halogens is 1. The molecule has 108 valence electrons. The van der Waals surface area contributed by atoms with E-state index in [-0.39, 0.29) is 5.38 Å². The normalized spacial score (nSPS) is 15.7. The van der Waals surface area contributed by atoms with Crippen LogP contribution in [0.1, 0.15) is 34.9 Å². The quantitative estimate of drug-likeness (QED) is 0.527. The maximum absolute atomic E-state index is 6.60. The second-order valence-electron chi connectivity index (χ2n) is 5.50. The van der Waals surface area contributed by atoms with Crippen molar-refractivity contribution in [3.8, 4) is 0 Å². The van der Waals surface area contributed by atoms with Crippen molar-refractivity contribution in [3.05, 3.63) is 60.2 Å². The minimum Gasteiger partial charge on any atom is -0.294 e. The highest BCUT2D eigenvalue weighted by Crippen LogP contribution is 2.28. The summed E-state index contributed by atoms with van der Waals surface area (Å²) in [4.78, 5) is 2.26. The van der Waals surface area contributed by atoms with Gasteiger partial charge in [0, 0.05) is 19.6 Å². The highest BCUT2D eigenvalue weighted by molar-refractivity contribution is 6.21. The lowest BCUT2D eigenvalue weighted by atomic mass is 9.90. The fraction of sp³-hybridized carbons (Fsp3) is 0.444. The van der Waals surface area contributed by atoms with Crippen LogP contribution in [0, 0.1) is 0 Å². The number of rotatable bonds is 7. The fourth-order valence-electron chi connectivity index (χ4n) is 2.87. The molecule has 0 saturated heterocycles. The second-order valence-corrected chi connectivity index (χ2v) is 6.03. The summed E-state index contributed by atoms with van der Waals surface area (Å²) in [7, 11) is 0. The van der Waals surface area contributed by atoms with Crippen LogP contribution in [-0.2, 0) is 12.8 Å². The molecule has 2 heteroatoms. The van der Waals surface area contributed by atoms with Gasteiger partial charge in [0.2, 0.25) is 0 Å². The van der Waals surface area contributed by atoms with Crippen LogP contribution in [0.3, 0.4) is 0 Å². The van der Waals surface area contributed by atoms with E-state index in [4.69, 9.17) is 11.6 Å². The third-order valence-electron chi connectivity index (χ3n) is 3.93. The van der Waals surface area contributed by atoms with Crippen molar-refractivity contribution in [2.24, 2.45) is 0 Å². The lowest BCUT2D eigenvalue weighted by Gasteiger charge is -2.23. The largest absolute Gasteiger partial charge is 0.294 e. The van der Waals surface area contributed by atoms with Crippen molar-refractivity contribution < 1.29 is 0 Å². The molecule has 1 aliphatic rings. The molecule has 0 spiro atoms. The molecule has 0 aromatic heterocycles. The molecule has 0 amide bonds. The third kappa shape index (κ3) is 3.97. The highest BCUT2D eigenvalue weighted by atomic mass is 35.5. The first-order valence-corrected chi connectivity index (χ1v) is 7.88. The average molecular weight is 290 g/mol. The number of benzene rings is 1. The molecule has 0 saturated carbocycles. The van der Waals surface area contributed by atoms with Gasteiger partial charge in [-0.1, -0.05) is 30.4 Å². The van der Waals surface area contributed by atoms with E-state index in [1.165, 1.54) is 42.4 Å². The summed E-state index contributed by atoms with van der Waals surface area (Å²) in [6.07, 6.45) is 8.89. The number of hydrogen-bond acceptors (Lipinski definition) is 1. The van der Waals surface area contributed by atoms with Gasteiger partial charge in [-0.3, -0.25) is 4.90 Å². The van der Waals surface area contributed by atoms with E-state index in [2.05, 4.69) is 36.3 Å². The lowest BCUT2D eigenvalue weighted by molar-refractivity contribution is 0.335. The summed E-state index contributed by atoms with van der Waals surface area (Å²) in [5.41, 5.74) is 4.25. The Bertz CT molecular complexity index is 456. The Hall–Kier alpha value is -1.05. The summed E-state index contributed by atoms with van der Waals surface area (Å²) < 4.78 is 0. The molecule has 20 heavy (non-hydrogen) atoms. The smallest absolute Gasteiger partial charge is 0.0712 e. The molecule has 0 N–H and O–H groups in total. The molecule has 0 heterocycles. The Labute approximate surface area is 127 Å². The molecule has 1 aliphatic carbocycles. The van der Waals surface area contributed by atoms with Crippen LogP contribution < -0.4 is 0 Å². The summed E-state index contributed by atoms with van der Waals surface area (Å²) in [5.74, 6) is 0. The van der Waals surface area contributed by atoms with E-state index in [9.17, 15) is 0 Å². The van der Waals surface area contributed by atoms with Crippen molar-refractivity contribution in [1.82, 2.24) is 4.90 Å². The zero-order valence-electron chi connectivity index (χ0n) is 12.2. The number of aryl methyl sites for hydroxylation is 2. The molecule has 1 unspecified atom stereocenters.